The van der Waals surface area contributed by atoms with Crippen LogP contribution in [0.1, 0.15) is 41.3 Å². The molecule has 0 heterocycles. The van der Waals surface area contributed by atoms with E-state index >= 15 is 0 Å². The smallest absolute Gasteiger partial charge is 0.289 e. The largest absolute Gasteiger partial charge is 0.292 e. The first-order valence-electron chi connectivity index (χ1n) is 7.89. The molecule has 0 unspecified atom stereocenters. The number of rotatable bonds is 7. The van der Waals surface area contributed by atoms with Crippen molar-refractivity contribution >= 4 is 49.2 Å². The Bertz CT molecular complexity index is 1080. The molecule has 0 atom stereocenters. The average Bonchev–Trinajstić information content (AvgIpc) is 2.58. The molecule has 0 aliphatic rings. The minimum absolute atomic E-state index is 0.0364. The molecule has 0 fully saturated rings. The van der Waals surface area contributed by atoms with Gasteiger partial charge in [0.2, 0.25) is 4.08 Å². The summed E-state index contributed by atoms with van der Waals surface area (Å²) >= 11 is 11.8. The van der Waals surface area contributed by atoms with E-state index in [-0.39, 0.29) is 22.6 Å². The number of hydrogen-bond donors (Lipinski definition) is 2. The van der Waals surface area contributed by atoms with E-state index in [1.807, 2.05) is 0 Å². The van der Waals surface area contributed by atoms with Gasteiger partial charge in [-0.1, -0.05) is 36.5 Å². The van der Waals surface area contributed by atoms with Gasteiger partial charge in [-0.25, -0.2) is 0 Å². The quantitative estimate of drug-likeness (QED) is 0.466. The minimum Gasteiger partial charge on any atom is -0.289 e. The van der Waals surface area contributed by atoms with Crippen LogP contribution in [0.5, 0.6) is 0 Å². The van der Waals surface area contributed by atoms with E-state index in [9.17, 15) is 30.7 Å². The summed E-state index contributed by atoms with van der Waals surface area (Å²) in [5, 5.41) is 0.0458. The Morgan fingerprint density at radius 2 is 1.43 bits per heavy atom. The summed E-state index contributed by atoms with van der Waals surface area (Å²) in [6.45, 7) is 1.46. The number of hydrogen-bond acceptors (Lipinski definition) is 5. The highest BCUT2D eigenvalue weighted by molar-refractivity contribution is 8.04. The maximum atomic E-state index is 12.7. The van der Waals surface area contributed by atoms with Crippen LogP contribution in [0, 0.1) is 0 Å². The van der Waals surface area contributed by atoms with Crippen molar-refractivity contribution in [1.29, 1.82) is 0 Å². The molecule has 0 amide bonds. The van der Waals surface area contributed by atoms with Gasteiger partial charge in [0.25, 0.3) is 20.2 Å². The highest BCUT2D eigenvalue weighted by Gasteiger charge is 2.56. The molecule has 0 saturated heterocycles. The Morgan fingerprint density at radius 1 is 0.929 bits per heavy atom. The Morgan fingerprint density at radius 3 is 1.89 bits per heavy atom. The van der Waals surface area contributed by atoms with Gasteiger partial charge in [0.15, 0.2) is 5.78 Å². The fourth-order valence-corrected chi connectivity index (χ4v) is 6.26. The van der Waals surface area contributed by atoms with Gasteiger partial charge in [-0.15, -0.1) is 0 Å². The summed E-state index contributed by atoms with van der Waals surface area (Å²) in [5.74, 6) is -0.564. The van der Waals surface area contributed by atoms with E-state index in [0.717, 1.165) is 12.1 Å². The second kappa shape index (κ2) is 8.10. The predicted molar refractivity (Wildman–Crippen MR) is 106 cm³/mol. The Kier molecular flexibility index (Phi) is 6.59. The third-order valence-electron chi connectivity index (χ3n) is 4.16. The highest BCUT2D eigenvalue weighted by atomic mass is 35.5. The van der Waals surface area contributed by atoms with Crippen LogP contribution in [0.25, 0.3) is 0 Å². The van der Waals surface area contributed by atoms with Gasteiger partial charge in [0.05, 0.1) is 0 Å². The van der Waals surface area contributed by atoms with Gasteiger partial charge in [-0.05, 0) is 48.9 Å². The van der Waals surface area contributed by atoms with Crippen molar-refractivity contribution in [1.82, 2.24) is 0 Å². The molecular weight excluding hydrogens is 451 g/mol. The summed E-state index contributed by atoms with van der Waals surface area (Å²) in [7, 11) is -10.8. The molecule has 0 bridgehead atoms. The second-order valence-corrected chi connectivity index (χ2v) is 10.4. The fourth-order valence-electron chi connectivity index (χ4n) is 2.86. The highest BCUT2D eigenvalue weighted by Crippen LogP contribution is 2.43. The van der Waals surface area contributed by atoms with Gasteiger partial charge in [0, 0.05) is 26.7 Å². The van der Waals surface area contributed by atoms with Gasteiger partial charge in [-0.3, -0.25) is 13.9 Å². The van der Waals surface area contributed by atoms with Gasteiger partial charge in [0.1, 0.15) is 0 Å². The maximum absolute atomic E-state index is 12.7. The lowest BCUT2D eigenvalue weighted by Gasteiger charge is -2.28. The Hall–Kier alpha value is -1.49. The molecular formula is C17H16Cl2O7S2. The Labute approximate surface area is 172 Å². The Balaban J connectivity index is 2.78. The summed E-state index contributed by atoms with van der Waals surface area (Å²) in [6.07, 6.45) is -0.714. The monoisotopic (exact) mass is 466 g/mol. The molecule has 28 heavy (non-hydrogen) atoms. The molecule has 0 aliphatic heterocycles. The van der Waals surface area contributed by atoms with Crippen LogP contribution in [0.4, 0.5) is 0 Å². The number of benzene rings is 2. The number of ketones is 1. The molecule has 152 valence electrons. The van der Waals surface area contributed by atoms with Gasteiger partial charge < -0.3 is 0 Å². The second-order valence-electron chi connectivity index (χ2n) is 5.98. The zero-order chi connectivity index (χ0) is 21.3. The third-order valence-corrected chi connectivity index (χ3v) is 8.52. The van der Waals surface area contributed by atoms with Crippen molar-refractivity contribution in [2.45, 2.75) is 23.8 Å². The molecule has 2 N–H and O–H groups in total. The van der Waals surface area contributed by atoms with Crippen LogP contribution < -0.4 is 0 Å². The normalized spacial score (nSPS) is 12.8. The molecule has 2 rings (SSSR count). The minimum atomic E-state index is -5.39. The summed E-state index contributed by atoms with van der Waals surface area (Å²) < 4.78 is 64.7. The summed E-state index contributed by atoms with van der Waals surface area (Å²) in [5.41, 5.74) is -0.493. The van der Waals surface area contributed by atoms with E-state index in [1.54, 1.807) is 0 Å². The van der Waals surface area contributed by atoms with Crippen molar-refractivity contribution in [3.63, 3.8) is 0 Å². The summed E-state index contributed by atoms with van der Waals surface area (Å²) in [4.78, 5) is 12.7. The average molecular weight is 467 g/mol. The lowest BCUT2D eigenvalue weighted by atomic mass is 9.98. The lowest BCUT2D eigenvalue weighted by Crippen LogP contribution is -2.43. The van der Waals surface area contributed by atoms with Gasteiger partial charge in [-0.2, -0.15) is 16.8 Å². The first kappa shape index (κ1) is 22.8. The number of carbonyl (C=O) groups is 1. The standard InChI is InChI=1S/C17H16Cl2O7S2/c1-2-9-17(27(21,22)23,28(24,25)26)14-10-12(5-8-15(14)19)16(20)11-3-6-13(18)7-4-11/h3-8,10H,2,9H2,1H3,(H,21,22,23)(H,24,25,26). The zero-order valence-corrected chi connectivity index (χ0v) is 17.6. The van der Waals surface area contributed by atoms with Crippen molar-refractivity contribution in [2.24, 2.45) is 0 Å². The molecule has 2 aromatic carbocycles. The van der Waals surface area contributed by atoms with Crippen molar-refractivity contribution < 1.29 is 30.7 Å². The van der Waals surface area contributed by atoms with Crippen LogP contribution in [-0.2, 0) is 24.3 Å². The van der Waals surface area contributed by atoms with Crippen molar-refractivity contribution in [3.8, 4) is 0 Å². The van der Waals surface area contributed by atoms with E-state index < -0.39 is 42.1 Å². The molecule has 0 saturated carbocycles. The molecule has 0 spiro atoms. The first-order chi connectivity index (χ1) is 12.8. The van der Waals surface area contributed by atoms with E-state index in [4.69, 9.17) is 23.2 Å². The van der Waals surface area contributed by atoms with Crippen LogP contribution in [0.2, 0.25) is 10.0 Å². The first-order valence-corrected chi connectivity index (χ1v) is 11.5. The SMILES string of the molecule is CCCC(c1cc(C(=O)c2ccc(Cl)cc2)ccc1Cl)(S(=O)(=O)O)S(=O)(=O)O. The molecule has 7 nitrogen and oxygen atoms in total. The molecule has 11 heteroatoms. The van der Waals surface area contributed by atoms with Gasteiger partial charge >= 0.3 is 0 Å². The van der Waals surface area contributed by atoms with Crippen molar-refractivity contribution in [3.05, 3.63) is 69.2 Å². The molecule has 0 aromatic heterocycles. The van der Waals surface area contributed by atoms with Crippen LogP contribution in [0.15, 0.2) is 42.5 Å². The third kappa shape index (κ3) is 4.10. The van der Waals surface area contributed by atoms with Crippen LogP contribution in [0.3, 0.4) is 0 Å². The van der Waals surface area contributed by atoms with Crippen molar-refractivity contribution in [2.75, 3.05) is 0 Å². The van der Waals surface area contributed by atoms with E-state index in [0.29, 0.717) is 5.02 Å². The number of halogens is 2. The summed E-state index contributed by atoms with van der Waals surface area (Å²) in [6, 6.07) is 9.16. The predicted octanol–water partition coefficient (Wildman–Crippen LogP) is 3.95. The maximum Gasteiger partial charge on any atom is 0.292 e. The fraction of sp³-hybridized carbons (Fsp3) is 0.235. The zero-order valence-electron chi connectivity index (χ0n) is 14.5. The van der Waals surface area contributed by atoms with Crippen LogP contribution in [-0.4, -0.2) is 31.7 Å². The lowest BCUT2D eigenvalue weighted by molar-refractivity contribution is 0.103. The topological polar surface area (TPSA) is 126 Å². The molecule has 0 radical (unpaired) electrons. The van der Waals surface area contributed by atoms with Crippen LogP contribution >= 0.6 is 23.2 Å². The number of carbonyl (C=O) groups excluding carboxylic acids is 1. The van der Waals surface area contributed by atoms with E-state index in [1.165, 1.54) is 37.3 Å². The molecule has 2 aromatic rings. The molecule has 0 aliphatic carbocycles. The van der Waals surface area contributed by atoms with E-state index in [2.05, 4.69) is 0 Å².